The number of carbonyl (C=O) groups excluding carboxylic acids is 5. The molecule has 2 aliphatic carbocycles. The van der Waals surface area contributed by atoms with Crippen molar-refractivity contribution in [3.05, 3.63) is 85.0 Å². The van der Waals surface area contributed by atoms with Crippen molar-refractivity contribution in [3.8, 4) is 11.5 Å². The van der Waals surface area contributed by atoms with Gasteiger partial charge in [0.25, 0.3) is 0 Å². The predicted octanol–water partition coefficient (Wildman–Crippen LogP) is 8.63. The summed E-state index contributed by atoms with van der Waals surface area (Å²) < 4.78 is 38.8. The van der Waals surface area contributed by atoms with Crippen LogP contribution < -0.4 is 9.47 Å². The molecule has 2 aromatic rings. The molecule has 0 heterocycles. The molecule has 2 fully saturated rings. The maximum absolute atomic E-state index is 12.8. The quantitative estimate of drug-likeness (QED) is 0.0294. The average molecular weight is 819 g/mol. The van der Waals surface area contributed by atoms with Gasteiger partial charge in [-0.05, 0) is 132 Å². The summed E-state index contributed by atoms with van der Waals surface area (Å²) in [6.07, 6.45) is 16.8. The Balaban J connectivity index is 1.02. The van der Waals surface area contributed by atoms with Gasteiger partial charge in [0.2, 0.25) is 0 Å². The third kappa shape index (κ3) is 18.3. The van der Waals surface area contributed by atoms with E-state index in [1.807, 2.05) is 12.1 Å². The summed E-state index contributed by atoms with van der Waals surface area (Å²) in [5, 5.41) is 0. The van der Waals surface area contributed by atoms with E-state index in [2.05, 4.69) is 13.2 Å². The Kier molecular flexibility index (Phi) is 21.5. The number of benzene rings is 2. The number of carbonyl (C=O) groups is 5. The first-order valence-electron chi connectivity index (χ1n) is 21.3. The van der Waals surface area contributed by atoms with Crippen LogP contribution in [0.3, 0.4) is 0 Å². The monoisotopic (exact) mass is 818 g/mol. The van der Waals surface area contributed by atoms with E-state index in [1.165, 1.54) is 12.2 Å². The van der Waals surface area contributed by atoms with Crippen LogP contribution in [0.4, 0.5) is 0 Å². The van der Waals surface area contributed by atoms with Gasteiger partial charge in [-0.3, -0.25) is 9.59 Å². The van der Waals surface area contributed by atoms with Gasteiger partial charge in [-0.1, -0.05) is 38.1 Å². The molecule has 0 aliphatic heterocycles. The summed E-state index contributed by atoms with van der Waals surface area (Å²) in [6, 6.07) is 13.6. The first-order chi connectivity index (χ1) is 28.7. The van der Waals surface area contributed by atoms with Crippen LogP contribution in [-0.4, -0.2) is 75.1 Å². The van der Waals surface area contributed by atoms with Crippen LogP contribution in [0, 0.1) is 11.8 Å². The normalized spacial score (nSPS) is 18.8. The van der Waals surface area contributed by atoms with Gasteiger partial charge in [0.1, 0.15) is 11.5 Å². The van der Waals surface area contributed by atoms with Crippen molar-refractivity contribution in [3.63, 3.8) is 0 Å². The van der Waals surface area contributed by atoms with Crippen molar-refractivity contribution in [1.82, 2.24) is 0 Å². The number of ether oxygens (including phenoxy) is 7. The fraction of sp³-hybridized carbons (Fsp3) is 0.553. The molecular formula is C47H62O12. The first-order valence-corrected chi connectivity index (χ1v) is 21.3. The van der Waals surface area contributed by atoms with Crippen molar-refractivity contribution in [2.75, 3.05) is 33.0 Å². The van der Waals surface area contributed by atoms with Gasteiger partial charge in [-0.2, -0.15) is 0 Å². The molecule has 0 N–H and O–H groups in total. The highest BCUT2D eigenvalue weighted by Crippen LogP contribution is 2.30. The summed E-state index contributed by atoms with van der Waals surface area (Å²) in [6.45, 7) is 9.13. The fourth-order valence-electron chi connectivity index (χ4n) is 7.14. The van der Waals surface area contributed by atoms with Crippen LogP contribution in [0.15, 0.2) is 73.8 Å². The zero-order chi connectivity index (χ0) is 42.1. The smallest absolute Gasteiger partial charge is 0.338 e. The summed E-state index contributed by atoms with van der Waals surface area (Å²) in [5.74, 6) is -1.21. The molecule has 322 valence electrons. The van der Waals surface area contributed by atoms with E-state index in [9.17, 15) is 24.0 Å². The van der Waals surface area contributed by atoms with Gasteiger partial charge in [0.05, 0.1) is 49.4 Å². The molecule has 0 saturated heterocycles. The number of unbranched alkanes of at least 4 members (excludes halogenated alkanes) is 6. The number of esters is 5. The Hall–Kier alpha value is -4.81. The van der Waals surface area contributed by atoms with E-state index >= 15 is 0 Å². The van der Waals surface area contributed by atoms with E-state index in [4.69, 9.17) is 33.2 Å². The summed E-state index contributed by atoms with van der Waals surface area (Å²) >= 11 is 0. The molecule has 2 aromatic carbocycles. The van der Waals surface area contributed by atoms with Gasteiger partial charge in [0.15, 0.2) is 0 Å². The van der Waals surface area contributed by atoms with E-state index in [1.54, 1.807) is 36.4 Å². The average Bonchev–Trinajstić information content (AvgIpc) is 3.26. The molecule has 4 rings (SSSR count). The van der Waals surface area contributed by atoms with Crippen LogP contribution in [0.1, 0.15) is 119 Å². The van der Waals surface area contributed by atoms with Crippen molar-refractivity contribution in [2.45, 2.75) is 121 Å². The molecular weight excluding hydrogens is 757 g/mol. The summed E-state index contributed by atoms with van der Waals surface area (Å²) in [5.41, 5.74) is 1.30. The van der Waals surface area contributed by atoms with Gasteiger partial charge < -0.3 is 33.2 Å². The SMILES string of the molecule is C=CC(=O)OCCCCCCOC1CCC(C(=O)Oc2ccc(CCOC(=O)c3ccc(OC(=O)C4CCC(OCCCCCCOC(=O)C=C)CC4)cc3)cc2)CC1. The van der Waals surface area contributed by atoms with Gasteiger partial charge in [0, 0.05) is 31.8 Å². The summed E-state index contributed by atoms with van der Waals surface area (Å²) in [4.78, 5) is 60.4. The number of rotatable bonds is 26. The second-order valence-corrected chi connectivity index (χ2v) is 15.2. The minimum atomic E-state index is -0.471. The van der Waals surface area contributed by atoms with Gasteiger partial charge in [-0.15, -0.1) is 0 Å². The molecule has 0 radical (unpaired) electrons. The van der Waals surface area contributed by atoms with E-state index in [0.29, 0.717) is 62.8 Å². The molecule has 0 spiro atoms. The largest absolute Gasteiger partial charge is 0.463 e. The van der Waals surface area contributed by atoms with Crippen LogP contribution in [0.5, 0.6) is 11.5 Å². The molecule has 0 amide bonds. The molecule has 12 nitrogen and oxygen atoms in total. The number of hydrogen-bond acceptors (Lipinski definition) is 12. The third-order valence-corrected chi connectivity index (χ3v) is 10.7. The maximum atomic E-state index is 12.8. The lowest BCUT2D eigenvalue weighted by Gasteiger charge is -2.27. The minimum absolute atomic E-state index is 0.146. The molecule has 59 heavy (non-hydrogen) atoms. The van der Waals surface area contributed by atoms with E-state index in [-0.39, 0.29) is 54.5 Å². The molecule has 2 aliphatic rings. The highest BCUT2D eigenvalue weighted by atomic mass is 16.6. The minimum Gasteiger partial charge on any atom is -0.463 e. The Labute approximate surface area is 348 Å². The first kappa shape index (κ1) is 46.9. The Morgan fingerprint density at radius 3 is 1.32 bits per heavy atom. The standard InChI is InChI=1S/C47H62O12/c1-3-43(48)55-32-11-7-5-9-30-53-39-23-15-37(16-24-39)46(51)58-41-21-13-35(14-22-41)29-34-57-45(50)36-19-27-42(28-20-36)59-47(52)38-17-25-40(26-18-38)54-31-10-6-8-12-33-56-44(49)4-2/h3-4,13-14,19-22,27-28,37-40H,1-2,5-12,15-18,23-26,29-34H2. The lowest BCUT2D eigenvalue weighted by Crippen LogP contribution is -2.29. The lowest BCUT2D eigenvalue weighted by molar-refractivity contribution is -0.142. The molecule has 0 atom stereocenters. The Bertz CT molecular complexity index is 1600. The van der Waals surface area contributed by atoms with Crippen LogP contribution in [-0.2, 0) is 49.3 Å². The van der Waals surface area contributed by atoms with Gasteiger partial charge >= 0.3 is 29.8 Å². The van der Waals surface area contributed by atoms with Gasteiger partial charge in [-0.25, -0.2) is 14.4 Å². The molecule has 0 bridgehead atoms. The third-order valence-electron chi connectivity index (χ3n) is 10.7. The zero-order valence-electron chi connectivity index (χ0n) is 34.5. The Morgan fingerprint density at radius 2 is 0.898 bits per heavy atom. The van der Waals surface area contributed by atoms with Crippen molar-refractivity contribution in [2.24, 2.45) is 11.8 Å². The van der Waals surface area contributed by atoms with Crippen molar-refractivity contribution in [1.29, 1.82) is 0 Å². The molecule has 2 saturated carbocycles. The number of hydrogen-bond donors (Lipinski definition) is 0. The zero-order valence-corrected chi connectivity index (χ0v) is 34.5. The van der Waals surface area contributed by atoms with E-state index < -0.39 is 5.97 Å². The topological polar surface area (TPSA) is 150 Å². The second-order valence-electron chi connectivity index (χ2n) is 15.2. The highest BCUT2D eigenvalue weighted by Gasteiger charge is 2.29. The highest BCUT2D eigenvalue weighted by molar-refractivity contribution is 5.89. The predicted molar refractivity (Wildman–Crippen MR) is 221 cm³/mol. The van der Waals surface area contributed by atoms with Crippen molar-refractivity contribution < 1.29 is 57.1 Å². The Morgan fingerprint density at radius 1 is 0.492 bits per heavy atom. The maximum Gasteiger partial charge on any atom is 0.338 e. The second kappa shape index (κ2) is 27.0. The van der Waals surface area contributed by atoms with Crippen LogP contribution in [0.2, 0.25) is 0 Å². The van der Waals surface area contributed by atoms with Crippen LogP contribution >= 0.6 is 0 Å². The summed E-state index contributed by atoms with van der Waals surface area (Å²) in [7, 11) is 0. The fourth-order valence-corrected chi connectivity index (χ4v) is 7.14. The van der Waals surface area contributed by atoms with Crippen LogP contribution in [0.25, 0.3) is 0 Å². The molecule has 0 aromatic heterocycles. The molecule has 0 unspecified atom stereocenters. The lowest BCUT2D eigenvalue weighted by atomic mass is 9.87. The van der Waals surface area contributed by atoms with Crippen molar-refractivity contribution >= 4 is 29.8 Å². The van der Waals surface area contributed by atoms with E-state index in [0.717, 1.165) is 95.5 Å². The molecule has 12 heteroatoms.